The molecule has 0 spiro atoms. The Bertz CT molecular complexity index is 203. The summed E-state index contributed by atoms with van der Waals surface area (Å²) in [6.45, 7) is 11.8. The molecule has 0 radical (unpaired) electrons. The topological polar surface area (TPSA) is 59.6 Å². The van der Waals surface area contributed by atoms with Gasteiger partial charge in [-0.05, 0) is 24.7 Å². The molecule has 0 bridgehead atoms. The number of guanidine groups is 1. The number of rotatable bonds is 9. The van der Waals surface area contributed by atoms with Gasteiger partial charge in [0.1, 0.15) is 0 Å². The molecule has 0 amide bonds. The summed E-state index contributed by atoms with van der Waals surface area (Å²) in [7, 11) is 0. The monoisotopic (exact) mass is 243 g/mol. The summed E-state index contributed by atoms with van der Waals surface area (Å²) in [5.41, 5.74) is 5.71. The minimum absolute atomic E-state index is 0.526. The molecular formula is C13H29N3O. The Morgan fingerprint density at radius 1 is 1.12 bits per heavy atom. The Morgan fingerprint density at radius 2 is 1.76 bits per heavy atom. The first-order valence-electron chi connectivity index (χ1n) is 6.64. The van der Waals surface area contributed by atoms with E-state index in [1.165, 1.54) is 0 Å². The van der Waals surface area contributed by atoms with E-state index in [1.54, 1.807) is 0 Å². The molecule has 0 saturated carbocycles. The van der Waals surface area contributed by atoms with Gasteiger partial charge in [-0.25, -0.2) is 0 Å². The predicted molar refractivity (Wildman–Crippen MR) is 74.2 cm³/mol. The average molecular weight is 243 g/mol. The summed E-state index contributed by atoms with van der Waals surface area (Å²) in [6.07, 6.45) is 2.19. The van der Waals surface area contributed by atoms with E-state index in [2.05, 4.69) is 38.0 Å². The van der Waals surface area contributed by atoms with E-state index in [1.807, 2.05) is 0 Å². The van der Waals surface area contributed by atoms with Crippen LogP contribution in [0.5, 0.6) is 0 Å². The number of nitrogens with zero attached hydrogens (tertiary/aromatic N) is 1. The Kier molecular flexibility index (Phi) is 9.92. The van der Waals surface area contributed by atoms with E-state index in [0.29, 0.717) is 24.4 Å². The molecule has 0 aromatic carbocycles. The first kappa shape index (κ1) is 16.2. The molecule has 0 aliphatic rings. The Balaban J connectivity index is 3.35. The lowest BCUT2D eigenvalue weighted by Gasteiger charge is -2.08. The van der Waals surface area contributed by atoms with E-state index in [9.17, 15) is 0 Å². The highest BCUT2D eigenvalue weighted by atomic mass is 16.5. The van der Waals surface area contributed by atoms with Crippen LogP contribution in [0.25, 0.3) is 0 Å². The van der Waals surface area contributed by atoms with Crippen molar-refractivity contribution in [1.29, 1.82) is 0 Å². The van der Waals surface area contributed by atoms with Crippen molar-refractivity contribution in [3.63, 3.8) is 0 Å². The number of nitrogens with two attached hydrogens (primary N) is 1. The summed E-state index contributed by atoms with van der Waals surface area (Å²) >= 11 is 0. The molecule has 0 aliphatic heterocycles. The number of hydrogen-bond acceptors (Lipinski definition) is 2. The molecule has 0 rings (SSSR count). The van der Waals surface area contributed by atoms with Crippen LogP contribution in [0.3, 0.4) is 0 Å². The van der Waals surface area contributed by atoms with Crippen LogP contribution < -0.4 is 11.1 Å². The molecule has 3 N–H and O–H groups in total. The zero-order valence-electron chi connectivity index (χ0n) is 11.8. The number of ether oxygens (including phenoxy) is 1. The van der Waals surface area contributed by atoms with Crippen molar-refractivity contribution in [3.05, 3.63) is 0 Å². The second kappa shape index (κ2) is 10.4. The first-order chi connectivity index (χ1) is 8.02. The van der Waals surface area contributed by atoms with E-state index in [-0.39, 0.29) is 0 Å². The molecule has 0 aromatic heterocycles. The molecule has 17 heavy (non-hydrogen) atoms. The highest BCUT2D eigenvalue weighted by Crippen LogP contribution is 1.98. The Labute approximate surface area is 106 Å². The second-order valence-electron chi connectivity index (χ2n) is 5.17. The van der Waals surface area contributed by atoms with E-state index in [0.717, 1.165) is 32.5 Å². The predicted octanol–water partition coefficient (Wildman–Crippen LogP) is 2.00. The van der Waals surface area contributed by atoms with Crippen molar-refractivity contribution in [1.82, 2.24) is 5.32 Å². The third kappa shape index (κ3) is 13.2. The van der Waals surface area contributed by atoms with Crippen LogP contribution in [0.4, 0.5) is 0 Å². The van der Waals surface area contributed by atoms with Gasteiger partial charge < -0.3 is 15.8 Å². The maximum atomic E-state index is 5.71. The molecule has 0 fully saturated rings. The number of aliphatic imine (C=N–C) groups is 1. The van der Waals surface area contributed by atoms with Crippen molar-refractivity contribution in [2.75, 3.05) is 26.3 Å². The maximum Gasteiger partial charge on any atom is 0.188 e. The van der Waals surface area contributed by atoms with Gasteiger partial charge in [0.15, 0.2) is 5.96 Å². The van der Waals surface area contributed by atoms with Gasteiger partial charge in [-0.1, -0.05) is 27.7 Å². The minimum Gasteiger partial charge on any atom is -0.380 e. The molecule has 0 heterocycles. The normalized spacial score (nSPS) is 12.5. The summed E-state index contributed by atoms with van der Waals surface area (Å²) in [5, 5.41) is 3.05. The fourth-order valence-electron chi connectivity index (χ4n) is 1.17. The first-order valence-corrected chi connectivity index (χ1v) is 6.64. The highest BCUT2D eigenvalue weighted by molar-refractivity contribution is 5.77. The molecule has 0 saturated heterocycles. The van der Waals surface area contributed by atoms with Gasteiger partial charge >= 0.3 is 0 Å². The Morgan fingerprint density at radius 3 is 2.35 bits per heavy atom. The largest absolute Gasteiger partial charge is 0.380 e. The molecule has 0 aliphatic carbocycles. The van der Waals surface area contributed by atoms with E-state index >= 15 is 0 Å². The lowest BCUT2D eigenvalue weighted by Crippen LogP contribution is -2.34. The lowest BCUT2D eigenvalue weighted by atomic mass is 10.1. The molecule has 4 nitrogen and oxygen atoms in total. The van der Waals surface area contributed by atoms with E-state index < -0.39 is 0 Å². The van der Waals surface area contributed by atoms with Crippen LogP contribution >= 0.6 is 0 Å². The van der Waals surface area contributed by atoms with Gasteiger partial charge in [0.2, 0.25) is 0 Å². The quantitative estimate of drug-likeness (QED) is 0.370. The van der Waals surface area contributed by atoms with Gasteiger partial charge in [-0.2, -0.15) is 0 Å². The summed E-state index contributed by atoms with van der Waals surface area (Å²) < 4.78 is 5.46. The van der Waals surface area contributed by atoms with Crippen LogP contribution in [0.15, 0.2) is 4.99 Å². The third-order valence-electron chi connectivity index (χ3n) is 2.38. The SMILES string of the molecule is CC(C)CCN=C(N)NCCOCCC(C)C. The highest BCUT2D eigenvalue weighted by Gasteiger charge is 1.95. The van der Waals surface area contributed by atoms with Crippen LogP contribution in [-0.2, 0) is 4.74 Å². The molecule has 0 atom stereocenters. The van der Waals surface area contributed by atoms with Gasteiger partial charge in [0.25, 0.3) is 0 Å². The van der Waals surface area contributed by atoms with Crippen LogP contribution in [-0.4, -0.2) is 32.3 Å². The average Bonchev–Trinajstić information content (AvgIpc) is 2.22. The fraction of sp³-hybridized carbons (Fsp3) is 0.923. The zero-order valence-corrected chi connectivity index (χ0v) is 11.8. The molecule has 4 heteroatoms. The number of hydrogen-bond donors (Lipinski definition) is 2. The van der Waals surface area contributed by atoms with Gasteiger partial charge in [0, 0.05) is 19.7 Å². The van der Waals surface area contributed by atoms with Crippen LogP contribution in [0.1, 0.15) is 40.5 Å². The van der Waals surface area contributed by atoms with Crippen molar-refractivity contribution in [2.24, 2.45) is 22.6 Å². The van der Waals surface area contributed by atoms with Crippen molar-refractivity contribution in [2.45, 2.75) is 40.5 Å². The van der Waals surface area contributed by atoms with Gasteiger partial charge in [0.05, 0.1) is 6.61 Å². The van der Waals surface area contributed by atoms with Crippen LogP contribution in [0, 0.1) is 11.8 Å². The van der Waals surface area contributed by atoms with Crippen LogP contribution in [0.2, 0.25) is 0 Å². The molecule has 0 unspecified atom stereocenters. The van der Waals surface area contributed by atoms with E-state index in [4.69, 9.17) is 10.5 Å². The summed E-state index contributed by atoms with van der Waals surface area (Å²) in [5.74, 6) is 1.90. The van der Waals surface area contributed by atoms with Crippen molar-refractivity contribution < 1.29 is 4.74 Å². The molecule has 102 valence electrons. The third-order valence-corrected chi connectivity index (χ3v) is 2.38. The minimum atomic E-state index is 0.526. The Hall–Kier alpha value is -0.770. The zero-order chi connectivity index (χ0) is 13.1. The van der Waals surface area contributed by atoms with Gasteiger partial charge in [-0.15, -0.1) is 0 Å². The van der Waals surface area contributed by atoms with Gasteiger partial charge in [-0.3, -0.25) is 4.99 Å². The standard InChI is InChI=1S/C13H29N3O/c1-11(2)5-7-15-13(14)16-8-10-17-9-6-12(3)4/h11-12H,5-10H2,1-4H3,(H3,14,15,16). The van der Waals surface area contributed by atoms with Crippen molar-refractivity contribution in [3.8, 4) is 0 Å². The molecule has 0 aromatic rings. The summed E-state index contributed by atoms with van der Waals surface area (Å²) in [6, 6.07) is 0. The second-order valence-corrected chi connectivity index (χ2v) is 5.17. The lowest BCUT2D eigenvalue weighted by molar-refractivity contribution is 0.128. The maximum absolute atomic E-state index is 5.71. The smallest absolute Gasteiger partial charge is 0.188 e. The number of nitrogens with one attached hydrogen (secondary N) is 1. The van der Waals surface area contributed by atoms with Crippen molar-refractivity contribution >= 4 is 5.96 Å². The summed E-state index contributed by atoms with van der Waals surface area (Å²) in [4.78, 5) is 4.24. The fourth-order valence-corrected chi connectivity index (χ4v) is 1.17. The molecular weight excluding hydrogens is 214 g/mol.